The number of hydrogen-bond donors (Lipinski definition) is 1. The minimum absolute atomic E-state index is 0.219. The van der Waals surface area contributed by atoms with Crippen LogP contribution in [0.25, 0.3) is 10.9 Å². The van der Waals surface area contributed by atoms with Gasteiger partial charge in [0.15, 0.2) is 15.5 Å². The second-order valence-electron chi connectivity index (χ2n) is 6.97. The van der Waals surface area contributed by atoms with Gasteiger partial charge in [-0.25, -0.2) is 12.8 Å². The molecule has 0 radical (unpaired) electrons. The number of likely N-dealkylation sites (tertiary alicyclic amines) is 1. The fraction of sp³-hybridized carbons (Fsp3) is 0.300. The number of benzene rings is 2. The standard InChI is InChI=1S/C20H20FN3O4S/c1-28-14-3-5-15(6-4-14)29(26,27)16-8-10-24(11-9-16)20(25)19-17-7-2-13(21)12-18(17)22-23-19/h2-7,12,16H,8-11H2,1H3,(H,22,23). The van der Waals surface area contributed by atoms with Crippen molar-refractivity contribution >= 4 is 26.6 Å². The number of sulfone groups is 1. The minimum atomic E-state index is -3.49. The number of rotatable bonds is 4. The summed E-state index contributed by atoms with van der Waals surface area (Å²) >= 11 is 0. The van der Waals surface area contributed by atoms with Crippen LogP contribution in [0.5, 0.6) is 5.75 Å². The maximum atomic E-state index is 13.3. The number of amides is 1. The van der Waals surface area contributed by atoms with E-state index < -0.39 is 20.9 Å². The smallest absolute Gasteiger partial charge is 0.274 e. The fourth-order valence-corrected chi connectivity index (χ4v) is 5.36. The van der Waals surface area contributed by atoms with Gasteiger partial charge in [-0.1, -0.05) is 0 Å². The summed E-state index contributed by atoms with van der Waals surface area (Å²) < 4.78 is 44.2. The Morgan fingerprint density at radius 3 is 2.52 bits per heavy atom. The summed E-state index contributed by atoms with van der Waals surface area (Å²) in [6, 6.07) is 10.4. The van der Waals surface area contributed by atoms with E-state index >= 15 is 0 Å². The number of fused-ring (bicyclic) bond motifs is 1. The average Bonchev–Trinajstić information content (AvgIpc) is 3.16. The van der Waals surface area contributed by atoms with E-state index in [0.717, 1.165) is 0 Å². The summed E-state index contributed by atoms with van der Waals surface area (Å²) in [5.41, 5.74) is 0.668. The molecule has 4 rings (SSSR count). The van der Waals surface area contributed by atoms with Gasteiger partial charge in [0.2, 0.25) is 0 Å². The van der Waals surface area contributed by atoms with Crippen LogP contribution in [0.15, 0.2) is 47.4 Å². The van der Waals surface area contributed by atoms with Crippen molar-refractivity contribution in [1.82, 2.24) is 15.1 Å². The molecule has 1 aliphatic heterocycles. The normalized spacial score (nSPS) is 15.6. The van der Waals surface area contributed by atoms with E-state index in [-0.39, 0.29) is 16.5 Å². The number of H-pyrrole nitrogens is 1. The molecule has 0 saturated carbocycles. The largest absolute Gasteiger partial charge is 0.497 e. The van der Waals surface area contributed by atoms with Crippen molar-refractivity contribution in [1.29, 1.82) is 0 Å². The molecular weight excluding hydrogens is 397 g/mol. The highest BCUT2D eigenvalue weighted by Gasteiger charge is 2.33. The van der Waals surface area contributed by atoms with Gasteiger partial charge in [-0.2, -0.15) is 5.10 Å². The number of nitrogens with zero attached hydrogens (tertiary/aromatic N) is 2. The maximum Gasteiger partial charge on any atom is 0.274 e. The van der Waals surface area contributed by atoms with E-state index in [1.807, 2.05) is 0 Å². The molecule has 3 aromatic rings. The molecular formula is C20H20FN3O4S. The third-order valence-corrected chi connectivity index (χ3v) is 7.56. The lowest BCUT2D eigenvalue weighted by Gasteiger charge is -2.31. The van der Waals surface area contributed by atoms with Crippen LogP contribution in [0.4, 0.5) is 4.39 Å². The number of hydrogen-bond acceptors (Lipinski definition) is 5. The van der Waals surface area contributed by atoms with Gasteiger partial charge in [-0.15, -0.1) is 0 Å². The van der Waals surface area contributed by atoms with Crippen molar-refractivity contribution < 1.29 is 22.3 Å². The molecule has 1 saturated heterocycles. The fourth-order valence-electron chi connectivity index (χ4n) is 3.63. The van der Waals surface area contributed by atoms with Crippen LogP contribution in [0.2, 0.25) is 0 Å². The first-order valence-electron chi connectivity index (χ1n) is 9.21. The summed E-state index contributed by atoms with van der Waals surface area (Å²) in [5, 5.41) is 6.69. The Morgan fingerprint density at radius 2 is 1.86 bits per heavy atom. The molecule has 1 amide bonds. The third kappa shape index (κ3) is 3.57. The Bertz CT molecular complexity index is 1150. The Balaban J connectivity index is 1.47. The van der Waals surface area contributed by atoms with E-state index in [9.17, 15) is 17.6 Å². The predicted octanol–water partition coefficient (Wildman–Crippen LogP) is 2.79. The molecule has 1 aromatic heterocycles. The Kier molecular flexibility index (Phi) is 4.99. The maximum absolute atomic E-state index is 13.3. The van der Waals surface area contributed by atoms with Gasteiger partial charge in [-0.3, -0.25) is 9.89 Å². The lowest BCUT2D eigenvalue weighted by atomic mass is 10.1. The second kappa shape index (κ2) is 7.47. The van der Waals surface area contributed by atoms with Crippen LogP contribution in [0, 0.1) is 5.82 Å². The Hall–Kier alpha value is -2.94. The number of aromatic nitrogens is 2. The molecule has 0 spiro atoms. The van der Waals surface area contributed by atoms with Crippen LogP contribution in [-0.2, 0) is 9.84 Å². The van der Waals surface area contributed by atoms with Gasteiger partial charge in [-0.05, 0) is 55.3 Å². The van der Waals surface area contributed by atoms with Gasteiger partial charge in [0.1, 0.15) is 11.6 Å². The van der Waals surface area contributed by atoms with Crippen molar-refractivity contribution in [2.24, 2.45) is 0 Å². The monoisotopic (exact) mass is 417 g/mol. The molecule has 0 aliphatic carbocycles. The van der Waals surface area contributed by atoms with Crippen molar-refractivity contribution in [2.75, 3.05) is 20.2 Å². The van der Waals surface area contributed by atoms with Gasteiger partial charge in [0.25, 0.3) is 5.91 Å². The summed E-state index contributed by atoms with van der Waals surface area (Å²) in [6.45, 7) is 0.628. The van der Waals surface area contributed by atoms with E-state index in [0.29, 0.717) is 42.6 Å². The van der Waals surface area contributed by atoms with Crippen LogP contribution in [0.1, 0.15) is 23.3 Å². The third-order valence-electron chi connectivity index (χ3n) is 5.28. The number of nitrogens with one attached hydrogen (secondary N) is 1. The number of aromatic amines is 1. The summed E-state index contributed by atoms with van der Waals surface area (Å²) in [6.07, 6.45) is 0.689. The van der Waals surface area contributed by atoms with Gasteiger partial charge in [0, 0.05) is 18.5 Å². The first kappa shape index (κ1) is 19.4. The van der Waals surface area contributed by atoms with Crippen LogP contribution in [-0.4, -0.2) is 54.9 Å². The topological polar surface area (TPSA) is 92.4 Å². The highest BCUT2D eigenvalue weighted by Crippen LogP contribution is 2.27. The van der Waals surface area contributed by atoms with Crippen molar-refractivity contribution in [3.8, 4) is 5.75 Å². The zero-order chi connectivity index (χ0) is 20.6. The predicted molar refractivity (Wildman–Crippen MR) is 105 cm³/mol. The zero-order valence-electron chi connectivity index (χ0n) is 15.8. The molecule has 0 bridgehead atoms. The molecule has 29 heavy (non-hydrogen) atoms. The molecule has 0 atom stereocenters. The molecule has 1 fully saturated rings. The highest BCUT2D eigenvalue weighted by atomic mass is 32.2. The highest BCUT2D eigenvalue weighted by molar-refractivity contribution is 7.92. The number of halogens is 1. The second-order valence-corrected chi connectivity index (χ2v) is 9.20. The minimum Gasteiger partial charge on any atom is -0.497 e. The van der Waals surface area contributed by atoms with Crippen molar-refractivity contribution in [3.63, 3.8) is 0 Å². The number of ether oxygens (including phenoxy) is 1. The first-order valence-corrected chi connectivity index (χ1v) is 10.8. The van der Waals surface area contributed by atoms with Crippen LogP contribution in [0.3, 0.4) is 0 Å². The van der Waals surface area contributed by atoms with Crippen LogP contribution < -0.4 is 4.74 Å². The van der Waals surface area contributed by atoms with Crippen molar-refractivity contribution in [2.45, 2.75) is 23.0 Å². The number of carbonyl (C=O) groups excluding carboxylic acids is 1. The quantitative estimate of drug-likeness (QED) is 0.705. The van der Waals surface area contributed by atoms with Gasteiger partial charge >= 0.3 is 0 Å². The Labute approximate surface area is 167 Å². The summed E-state index contributed by atoms with van der Waals surface area (Å²) in [4.78, 5) is 14.7. The number of piperidine rings is 1. The van der Waals surface area contributed by atoms with E-state index in [1.165, 1.54) is 25.3 Å². The Morgan fingerprint density at radius 1 is 1.17 bits per heavy atom. The van der Waals surface area contributed by atoms with Gasteiger partial charge < -0.3 is 9.64 Å². The number of methoxy groups -OCH3 is 1. The number of carbonyl (C=O) groups is 1. The lowest BCUT2D eigenvalue weighted by molar-refractivity contribution is 0.0721. The molecule has 1 aliphatic rings. The van der Waals surface area contributed by atoms with Crippen LogP contribution >= 0.6 is 0 Å². The molecule has 1 N–H and O–H groups in total. The molecule has 2 aromatic carbocycles. The van der Waals surface area contributed by atoms with E-state index in [4.69, 9.17) is 4.74 Å². The summed E-state index contributed by atoms with van der Waals surface area (Å²) in [7, 11) is -1.96. The lowest BCUT2D eigenvalue weighted by Crippen LogP contribution is -2.42. The van der Waals surface area contributed by atoms with E-state index in [1.54, 1.807) is 29.2 Å². The molecule has 152 valence electrons. The first-order chi connectivity index (χ1) is 13.9. The molecule has 2 heterocycles. The summed E-state index contributed by atoms with van der Waals surface area (Å²) in [5.74, 6) is -0.108. The molecule has 0 unspecified atom stereocenters. The molecule has 9 heteroatoms. The zero-order valence-corrected chi connectivity index (χ0v) is 16.6. The van der Waals surface area contributed by atoms with Gasteiger partial charge in [0.05, 0.1) is 22.8 Å². The average molecular weight is 417 g/mol. The van der Waals surface area contributed by atoms with Crippen molar-refractivity contribution in [3.05, 3.63) is 54.0 Å². The SMILES string of the molecule is COc1ccc(S(=O)(=O)C2CCN(C(=O)c3n[nH]c4cc(F)ccc34)CC2)cc1. The molecule has 7 nitrogen and oxygen atoms in total. The van der Waals surface area contributed by atoms with E-state index in [2.05, 4.69) is 10.2 Å².